The molecule has 1 aliphatic rings. The predicted molar refractivity (Wildman–Crippen MR) is 77.5 cm³/mol. The lowest BCUT2D eigenvalue weighted by Crippen LogP contribution is -2.41. The molecule has 2 rings (SSSR count). The maximum atomic E-state index is 9.27. The van der Waals surface area contributed by atoms with Crippen LogP contribution in [0.2, 0.25) is 0 Å². The molecule has 1 aromatic carbocycles. The van der Waals surface area contributed by atoms with E-state index in [9.17, 15) is 5.26 Å². The Labute approximate surface area is 118 Å². The Bertz CT molecular complexity index is 519. The topological polar surface area (TPSA) is 50.8 Å². The molecule has 4 heteroatoms. The average Bonchev–Trinajstić information content (AvgIpc) is 2.49. The highest BCUT2D eigenvalue weighted by Crippen LogP contribution is 2.34. The van der Waals surface area contributed by atoms with Crippen LogP contribution in [0, 0.1) is 22.7 Å². The molecule has 0 amide bonds. The number of nitriles is 2. The fourth-order valence-electron chi connectivity index (χ4n) is 2.44. The molecule has 0 aliphatic carbocycles. The van der Waals surface area contributed by atoms with Crippen molar-refractivity contribution in [3.63, 3.8) is 0 Å². The Morgan fingerprint density at radius 3 is 2.53 bits per heavy atom. The lowest BCUT2D eigenvalue weighted by Gasteiger charge is -2.36. The Morgan fingerprint density at radius 1 is 1.26 bits per heavy atom. The van der Waals surface area contributed by atoms with Crippen molar-refractivity contribution in [1.29, 1.82) is 10.5 Å². The van der Waals surface area contributed by atoms with Crippen molar-refractivity contribution in [2.75, 3.05) is 19.3 Å². The van der Waals surface area contributed by atoms with E-state index >= 15 is 0 Å². The van der Waals surface area contributed by atoms with Crippen LogP contribution in [0.4, 0.5) is 0 Å². The van der Waals surface area contributed by atoms with Crippen LogP contribution in [0.15, 0.2) is 24.3 Å². The zero-order valence-electron chi connectivity index (χ0n) is 11.1. The summed E-state index contributed by atoms with van der Waals surface area (Å²) in [5.74, 6) is 0. The summed E-state index contributed by atoms with van der Waals surface area (Å²) < 4.78 is -0.203. The molecule has 19 heavy (non-hydrogen) atoms. The maximum Gasteiger partial charge on any atom is 0.104 e. The van der Waals surface area contributed by atoms with E-state index in [2.05, 4.69) is 17.0 Å². The average molecular weight is 271 g/mol. The summed E-state index contributed by atoms with van der Waals surface area (Å²) >= 11 is 1.67. The van der Waals surface area contributed by atoms with Crippen molar-refractivity contribution in [2.45, 2.75) is 24.1 Å². The van der Waals surface area contributed by atoms with Gasteiger partial charge in [0.05, 0.1) is 17.7 Å². The first-order valence-electron chi connectivity index (χ1n) is 6.40. The van der Waals surface area contributed by atoms with Gasteiger partial charge in [0.25, 0.3) is 0 Å². The van der Waals surface area contributed by atoms with Crippen LogP contribution in [-0.2, 0) is 6.54 Å². The van der Waals surface area contributed by atoms with E-state index in [4.69, 9.17) is 5.26 Å². The number of benzene rings is 1. The van der Waals surface area contributed by atoms with Gasteiger partial charge in [-0.2, -0.15) is 10.5 Å². The van der Waals surface area contributed by atoms with Gasteiger partial charge in [0.1, 0.15) is 4.75 Å². The van der Waals surface area contributed by atoms with Crippen LogP contribution in [0.5, 0.6) is 0 Å². The van der Waals surface area contributed by atoms with Gasteiger partial charge in [0.15, 0.2) is 0 Å². The van der Waals surface area contributed by atoms with E-state index in [-0.39, 0.29) is 4.75 Å². The monoisotopic (exact) mass is 271 g/mol. The largest absolute Gasteiger partial charge is 0.299 e. The molecule has 3 nitrogen and oxygen atoms in total. The van der Waals surface area contributed by atoms with Gasteiger partial charge in [-0.3, -0.25) is 4.90 Å². The van der Waals surface area contributed by atoms with E-state index < -0.39 is 0 Å². The summed E-state index contributed by atoms with van der Waals surface area (Å²) in [6.07, 6.45) is 3.82. The minimum atomic E-state index is -0.203. The quantitative estimate of drug-likeness (QED) is 0.848. The molecular formula is C15H17N3S. The molecule has 0 aromatic heterocycles. The van der Waals surface area contributed by atoms with Crippen LogP contribution < -0.4 is 0 Å². The summed E-state index contributed by atoms with van der Waals surface area (Å²) in [4.78, 5) is 2.34. The molecule has 0 atom stereocenters. The highest BCUT2D eigenvalue weighted by molar-refractivity contribution is 8.00. The Hall–Kier alpha value is -1.49. The minimum Gasteiger partial charge on any atom is -0.299 e. The Balaban J connectivity index is 2.00. The fourth-order valence-corrected chi connectivity index (χ4v) is 3.12. The lowest BCUT2D eigenvalue weighted by atomic mass is 9.96. The molecule has 0 saturated carbocycles. The summed E-state index contributed by atoms with van der Waals surface area (Å²) in [7, 11) is 0. The molecule has 0 N–H and O–H groups in total. The van der Waals surface area contributed by atoms with Crippen molar-refractivity contribution in [2.24, 2.45) is 0 Å². The molecule has 1 aromatic rings. The fraction of sp³-hybridized carbons (Fsp3) is 0.467. The van der Waals surface area contributed by atoms with E-state index in [0.29, 0.717) is 0 Å². The second-order valence-electron chi connectivity index (χ2n) is 4.86. The van der Waals surface area contributed by atoms with Crippen molar-refractivity contribution < 1.29 is 0 Å². The number of likely N-dealkylation sites (tertiary alicyclic amines) is 1. The van der Waals surface area contributed by atoms with Gasteiger partial charge in [-0.05, 0) is 30.7 Å². The highest BCUT2D eigenvalue weighted by Gasteiger charge is 2.33. The van der Waals surface area contributed by atoms with Gasteiger partial charge in [-0.15, -0.1) is 11.8 Å². The number of nitrogens with zero attached hydrogens (tertiary/aromatic N) is 3. The van der Waals surface area contributed by atoms with Crippen LogP contribution in [0.3, 0.4) is 0 Å². The number of rotatable bonds is 3. The standard InChI is InChI=1S/C15H17N3S/c1-19-15(12-17)6-8-18(9-7-15)11-14-5-3-2-4-13(14)10-16/h2-5H,6-9,11H2,1H3. The van der Waals surface area contributed by atoms with Crippen LogP contribution in [-0.4, -0.2) is 29.0 Å². The Morgan fingerprint density at radius 2 is 1.95 bits per heavy atom. The minimum absolute atomic E-state index is 0.203. The van der Waals surface area contributed by atoms with Gasteiger partial charge in [-0.25, -0.2) is 0 Å². The summed E-state index contributed by atoms with van der Waals surface area (Å²) in [5, 5.41) is 18.4. The predicted octanol–water partition coefficient (Wildman–Crippen LogP) is 2.78. The van der Waals surface area contributed by atoms with Gasteiger partial charge < -0.3 is 0 Å². The third kappa shape index (κ3) is 3.10. The molecule has 1 saturated heterocycles. The van der Waals surface area contributed by atoms with Crippen LogP contribution in [0.1, 0.15) is 24.0 Å². The number of hydrogen-bond donors (Lipinski definition) is 0. The van der Waals surface area contributed by atoms with E-state index in [1.54, 1.807) is 11.8 Å². The Kier molecular flexibility index (Phi) is 4.47. The molecule has 0 bridgehead atoms. The summed E-state index contributed by atoms with van der Waals surface area (Å²) in [5.41, 5.74) is 1.84. The van der Waals surface area contributed by atoms with E-state index in [1.807, 2.05) is 30.5 Å². The van der Waals surface area contributed by atoms with Crippen molar-refractivity contribution >= 4 is 11.8 Å². The smallest absolute Gasteiger partial charge is 0.104 e. The maximum absolute atomic E-state index is 9.27. The molecule has 98 valence electrons. The molecule has 0 radical (unpaired) electrons. The van der Waals surface area contributed by atoms with Crippen LogP contribution >= 0.6 is 11.8 Å². The van der Waals surface area contributed by atoms with Crippen molar-refractivity contribution in [3.05, 3.63) is 35.4 Å². The first kappa shape index (κ1) is 13.9. The van der Waals surface area contributed by atoms with E-state index in [1.165, 1.54) is 0 Å². The third-order valence-corrected chi connectivity index (χ3v) is 5.07. The summed E-state index contributed by atoms with van der Waals surface area (Å²) in [6, 6.07) is 12.4. The molecule has 1 fully saturated rings. The van der Waals surface area contributed by atoms with Gasteiger partial charge in [-0.1, -0.05) is 18.2 Å². The molecule has 1 heterocycles. The first-order valence-corrected chi connectivity index (χ1v) is 7.62. The lowest BCUT2D eigenvalue weighted by molar-refractivity contribution is 0.209. The first-order chi connectivity index (χ1) is 9.23. The zero-order valence-corrected chi connectivity index (χ0v) is 11.9. The number of thioether (sulfide) groups is 1. The molecule has 0 unspecified atom stereocenters. The number of piperidine rings is 1. The molecular weight excluding hydrogens is 254 g/mol. The van der Waals surface area contributed by atoms with Crippen molar-refractivity contribution in [1.82, 2.24) is 4.90 Å². The van der Waals surface area contributed by atoms with Gasteiger partial charge >= 0.3 is 0 Å². The zero-order chi connectivity index (χ0) is 13.7. The second kappa shape index (κ2) is 6.10. The normalized spacial score (nSPS) is 18.5. The third-order valence-electron chi connectivity index (χ3n) is 3.79. The summed E-state index contributed by atoms with van der Waals surface area (Å²) in [6.45, 7) is 2.65. The molecule has 1 aliphatic heterocycles. The van der Waals surface area contributed by atoms with Crippen molar-refractivity contribution in [3.8, 4) is 12.1 Å². The second-order valence-corrected chi connectivity index (χ2v) is 6.05. The van der Waals surface area contributed by atoms with Gasteiger partial charge in [0, 0.05) is 19.6 Å². The highest BCUT2D eigenvalue weighted by atomic mass is 32.2. The van der Waals surface area contributed by atoms with Gasteiger partial charge in [0.2, 0.25) is 0 Å². The van der Waals surface area contributed by atoms with Crippen LogP contribution in [0.25, 0.3) is 0 Å². The molecule has 0 spiro atoms. The SMILES string of the molecule is CSC1(C#N)CCN(Cc2ccccc2C#N)CC1. The van der Waals surface area contributed by atoms with E-state index in [0.717, 1.165) is 43.6 Å². The number of hydrogen-bond acceptors (Lipinski definition) is 4.